The molecule has 2 aliphatic carbocycles. The number of carbonyl (C=O) groups is 1. The van der Waals surface area contributed by atoms with Crippen LogP contribution in [0.25, 0.3) is 0 Å². The smallest absolute Gasteiger partial charge is 0.286 e. The minimum absolute atomic E-state index is 0.0918. The molecule has 5 heteroatoms. The molecular formula is C19H31NO4. The van der Waals surface area contributed by atoms with E-state index in [4.69, 9.17) is 9.47 Å². The van der Waals surface area contributed by atoms with Gasteiger partial charge in [-0.05, 0) is 63.4 Å². The van der Waals surface area contributed by atoms with Crippen LogP contribution in [0.1, 0.15) is 58.3 Å². The van der Waals surface area contributed by atoms with Crippen molar-refractivity contribution in [2.75, 3.05) is 13.2 Å². The minimum Gasteiger partial charge on any atom is -0.459 e. The average molecular weight is 337 g/mol. The van der Waals surface area contributed by atoms with Crippen LogP contribution in [0.3, 0.4) is 0 Å². The lowest BCUT2D eigenvalue weighted by Crippen LogP contribution is -2.42. The maximum Gasteiger partial charge on any atom is 0.286 e. The predicted octanol–water partition coefficient (Wildman–Crippen LogP) is 2.74. The molecule has 1 aliphatic heterocycles. The number of allylic oxidation sites excluding steroid dienone is 1. The van der Waals surface area contributed by atoms with Gasteiger partial charge in [-0.25, -0.2) is 0 Å². The van der Waals surface area contributed by atoms with E-state index in [-0.39, 0.29) is 24.7 Å². The van der Waals surface area contributed by atoms with E-state index in [1.165, 1.54) is 25.7 Å². The lowest BCUT2D eigenvalue weighted by molar-refractivity contribution is -0.176. The fraction of sp³-hybridized carbons (Fsp3) is 0.842. The Balaban J connectivity index is 1.79. The highest BCUT2D eigenvalue weighted by Gasteiger charge is 2.41. The van der Waals surface area contributed by atoms with Crippen LogP contribution in [0.4, 0.5) is 0 Å². The monoisotopic (exact) mass is 337 g/mol. The summed E-state index contributed by atoms with van der Waals surface area (Å²) in [6.45, 7) is 2.71. The number of rotatable bonds is 8. The molecule has 136 valence electrons. The third kappa shape index (κ3) is 4.31. The SMILES string of the molecule is CCO[C@H]1OC(C(=O)NC2CC2)=C[C@@H](C2CCCC2)[C@@H]1CCCO. The zero-order chi connectivity index (χ0) is 16.9. The van der Waals surface area contributed by atoms with E-state index in [1.807, 2.05) is 6.92 Å². The normalized spacial score (nSPS) is 30.8. The molecule has 0 radical (unpaired) electrons. The molecule has 0 aromatic heterocycles. The zero-order valence-electron chi connectivity index (χ0n) is 14.7. The number of amides is 1. The topological polar surface area (TPSA) is 67.8 Å². The molecule has 2 saturated carbocycles. The standard InChI is InChI=1S/C19H31NO4/c1-2-23-19-15(8-5-11-21)16(13-6-3-4-7-13)12-17(24-19)18(22)20-14-9-10-14/h12-16,19,21H,2-11H2,1H3,(H,20,22)/t15-,16-,19-/m0/s1. The van der Waals surface area contributed by atoms with Crippen LogP contribution in [0.2, 0.25) is 0 Å². The fourth-order valence-electron chi connectivity index (χ4n) is 4.15. The van der Waals surface area contributed by atoms with Gasteiger partial charge >= 0.3 is 0 Å². The minimum atomic E-state index is -0.378. The number of ether oxygens (including phenoxy) is 2. The Morgan fingerprint density at radius 1 is 1.33 bits per heavy atom. The third-order valence-electron chi connectivity index (χ3n) is 5.54. The van der Waals surface area contributed by atoms with Crippen molar-refractivity contribution in [1.82, 2.24) is 5.32 Å². The first-order valence-electron chi connectivity index (χ1n) is 9.64. The molecule has 1 amide bonds. The second-order valence-corrected chi connectivity index (χ2v) is 7.37. The summed E-state index contributed by atoms with van der Waals surface area (Å²) in [5.41, 5.74) is 0. The second-order valence-electron chi connectivity index (χ2n) is 7.37. The van der Waals surface area contributed by atoms with Gasteiger partial charge < -0.3 is 19.9 Å². The summed E-state index contributed by atoms with van der Waals surface area (Å²) in [4.78, 5) is 12.5. The van der Waals surface area contributed by atoms with Gasteiger partial charge in [0.05, 0.1) is 0 Å². The summed E-state index contributed by atoms with van der Waals surface area (Å²) in [5.74, 6) is 1.48. The molecule has 2 N–H and O–H groups in total. The van der Waals surface area contributed by atoms with E-state index < -0.39 is 0 Å². The van der Waals surface area contributed by atoms with E-state index in [0.29, 0.717) is 30.2 Å². The van der Waals surface area contributed by atoms with Crippen molar-refractivity contribution in [3.63, 3.8) is 0 Å². The Morgan fingerprint density at radius 2 is 2.08 bits per heavy atom. The van der Waals surface area contributed by atoms with Crippen molar-refractivity contribution in [2.24, 2.45) is 17.8 Å². The molecule has 3 rings (SSSR count). The summed E-state index contributed by atoms with van der Waals surface area (Å²) in [5, 5.41) is 12.3. The Labute approximate surface area is 144 Å². The molecule has 3 atom stereocenters. The van der Waals surface area contributed by atoms with E-state index in [0.717, 1.165) is 25.7 Å². The second kappa shape index (κ2) is 8.34. The molecule has 0 bridgehead atoms. The number of carbonyl (C=O) groups excluding carboxylic acids is 1. The van der Waals surface area contributed by atoms with Crippen LogP contribution < -0.4 is 5.32 Å². The lowest BCUT2D eigenvalue weighted by Gasteiger charge is -2.39. The van der Waals surface area contributed by atoms with Crippen LogP contribution >= 0.6 is 0 Å². The number of nitrogens with one attached hydrogen (secondary N) is 1. The molecule has 0 spiro atoms. The predicted molar refractivity (Wildman–Crippen MR) is 91.0 cm³/mol. The van der Waals surface area contributed by atoms with E-state index in [9.17, 15) is 9.90 Å². The van der Waals surface area contributed by atoms with E-state index in [2.05, 4.69) is 11.4 Å². The van der Waals surface area contributed by atoms with E-state index >= 15 is 0 Å². The number of hydrogen-bond acceptors (Lipinski definition) is 4. The first kappa shape index (κ1) is 17.7. The molecule has 0 aromatic rings. The summed E-state index contributed by atoms with van der Waals surface area (Å²) in [6, 6.07) is 0.324. The van der Waals surface area contributed by atoms with Gasteiger partial charge in [0.2, 0.25) is 6.29 Å². The van der Waals surface area contributed by atoms with Gasteiger partial charge in [-0.2, -0.15) is 0 Å². The van der Waals surface area contributed by atoms with Crippen LogP contribution in [0.5, 0.6) is 0 Å². The first-order chi connectivity index (χ1) is 11.7. The van der Waals surface area contributed by atoms with Crippen LogP contribution in [0, 0.1) is 17.8 Å². The maximum atomic E-state index is 12.5. The van der Waals surface area contributed by atoms with Crippen LogP contribution in [-0.2, 0) is 14.3 Å². The van der Waals surface area contributed by atoms with Crippen molar-refractivity contribution in [3.05, 3.63) is 11.8 Å². The molecule has 0 saturated heterocycles. The van der Waals surface area contributed by atoms with Gasteiger partial charge in [0.25, 0.3) is 5.91 Å². The van der Waals surface area contributed by atoms with Crippen molar-refractivity contribution in [2.45, 2.75) is 70.6 Å². The number of aliphatic hydroxyl groups excluding tert-OH is 1. The molecular weight excluding hydrogens is 306 g/mol. The molecule has 0 unspecified atom stereocenters. The van der Waals surface area contributed by atoms with Gasteiger partial charge in [0, 0.05) is 25.2 Å². The quantitative estimate of drug-likeness (QED) is 0.715. The van der Waals surface area contributed by atoms with Crippen molar-refractivity contribution in [3.8, 4) is 0 Å². The van der Waals surface area contributed by atoms with Crippen molar-refractivity contribution in [1.29, 1.82) is 0 Å². The number of hydrogen-bond donors (Lipinski definition) is 2. The van der Waals surface area contributed by atoms with Crippen molar-refractivity contribution < 1.29 is 19.4 Å². The number of aliphatic hydroxyl groups is 1. The van der Waals surface area contributed by atoms with Crippen LogP contribution in [-0.4, -0.2) is 36.6 Å². The molecule has 24 heavy (non-hydrogen) atoms. The largest absolute Gasteiger partial charge is 0.459 e. The van der Waals surface area contributed by atoms with Gasteiger partial charge in [-0.15, -0.1) is 0 Å². The average Bonchev–Trinajstić information content (AvgIpc) is 3.23. The van der Waals surface area contributed by atoms with Gasteiger partial charge in [-0.3, -0.25) is 4.79 Å². The highest BCUT2D eigenvalue weighted by Crippen LogP contribution is 2.43. The molecule has 0 aromatic carbocycles. The molecule has 1 heterocycles. The zero-order valence-corrected chi connectivity index (χ0v) is 14.7. The molecule has 2 fully saturated rings. The summed E-state index contributed by atoms with van der Waals surface area (Å²) < 4.78 is 11.8. The third-order valence-corrected chi connectivity index (χ3v) is 5.54. The Bertz CT molecular complexity index is 454. The molecule has 3 aliphatic rings. The highest BCUT2D eigenvalue weighted by molar-refractivity contribution is 5.92. The fourth-order valence-corrected chi connectivity index (χ4v) is 4.15. The van der Waals surface area contributed by atoms with Gasteiger partial charge in [-0.1, -0.05) is 12.8 Å². The molecule has 5 nitrogen and oxygen atoms in total. The highest BCUT2D eigenvalue weighted by atomic mass is 16.7. The summed E-state index contributed by atoms with van der Waals surface area (Å²) in [6.07, 6.45) is 10.4. The summed E-state index contributed by atoms with van der Waals surface area (Å²) >= 11 is 0. The maximum absolute atomic E-state index is 12.5. The first-order valence-corrected chi connectivity index (χ1v) is 9.64. The Hall–Kier alpha value is -1.07. The van der Waals surface area contributed by atoms with Gasteiger partial charge in [0.15, 0.2) is 5.76 Å². The Kier molecular flexibility index (Phi) is 6.17. The lowest BCUT2D eigenvalue weighted by atomic mass is 9.76. The van der Waals surface area contributed by atoms with Gasteiger partial charge in [0.1, 0.15) is 0 Å². The summed E-state index contributed by atoms with van der Waals surface area (Å²) in [7, 11) is 0. The Morgan fingerprint density at radius 3 is 2.71 bits per heavy atom. The van der Waals surface area contributed by atoms with E-state index in [1.54, 1.807) is 0 Å². The van der Waals surface area contributed by atoms with Crippen molar-refractivity contribution >= 4 is 5.91 Å². The van der Waals surface area contributed by atoms with Crippen LogP contribution in [0.15, 0.2) is 11.8 Å².